The van der Waals surface area contributed by atoms with Crippen molar-refractivity contribution in [3.63, 3.8) is 0 Å². The highest BCUT2D eigenvalue weighted by Gasteiger charge is 2.70. The Morgan fingerprint density at radius 1 is 1.12 bits per heavy atom. The zero-order chi connectivity index (χ0) is 29.3. The van der Waals surface area contributed by atoms with Gasteiger partial charge in [0, 0.05) is 31.4 Å². The molecule has 0 aromatic heterocycles. The summed E-state index contributed by atoms with van der Waals surface area (Å²) in [6.07, 6.45) is 7.57. The molecule has 0 amide bonds. The average Bonchev–Trinajstić information content (AvgIpc) is 3.42. The Hall–Kier alpha value is -1.52. The fourth-order valence-electron chi connectivity index (χ4n) is 10.8. The van der Waals surface area contributed by atoms with E-state index in [0.717, 1.165) is 50.5 Å². The summed E-state index contributed by atoms with van der Waals surface area (Å²) >= 11 is 0. The van der Waals surface area contributed by atoms with E-state index in [4.69, 9.17) is 18.9 Å². The molecule has 230 valence electrons. The van der Waals surface area contributed by atoms with Crippen LogP contribution in [-0.4, -0.2) is 77.3 Å². The van der Waals surface area contributed by atoms with Crippen molar-refractivity contribution < 1.29 is 43.9 Å². The molecule has 0 spiro atoms. The Morgan fingerprint density at radius 2 is 1.90 bits per heavy atom. The molecule has 9 nitrogen and oxygen atoms in total. The lowest BCUT2D eigenvalue weighted by atomic mass is 9.43. The second-order valence-electron chi connectivity index (χ2n) is 14.5. The number of ether oxygens (including phenoxy) is 4. The van der Waals surface area contributed by atoms with E-state index in [1.807, 2.05) is 6.92 Å². The van der Waals surface area contributed by atoms with Crippen molar-refractivity contribution in [2.75, 3.05) is 13.7 Å². The number of hydrogen-bond acceptors (Lipinski definition) is 8. The molecule has 0 radical (unpaired) electrons. The first-order valence-electron chi connectivity index (χ1n) is 15.7. The lowest BCUT2D eigenvalue weighted by Crippen LogP contribution is -2.62. The fraction of sp³-hybridized carbons (Fsp3) is 0.875. The number of carbonyl (C=O) groups excluding carboxylic acids is 1. The summed E-state index contributed by atoms with van der Waals surface area (Å²) in [5.74, 6) is -0.663. The molecular weight excluding hydrogens is 528 g/mol. The minimum absolute atomic E-state index is 0.00674. The van der Waals surface area contributed by atoms with Crippen LogP contribution < -0.4 is 0 Å². The van der Waals surface area contributed by atoms with Gasteiger partial charge in [-0.3, -0.25) is 4.79 Å². The fourth-order valence-corrected chi connectivity index (χ4v) is 10.8. The van der Waals surface area contributed by atoms with Crippen LogP contribution in [-0.2, 0) is 28.5 Å². The first-order chi connectivity index (χ1) is 19.4. The predicted octanol–water partition coefficient (Wildman–Crippen LogP) is 3.84. The second-order valence-corrected chi connectivity index (χ2v) is 14.5. The van der Waals surface area contributed by atoms with E-state index in [-0.39, 0.29) is 66.8 Å². The van der Waals surface area contributed by atoms with Gasteiger partial charge in [-0.25, -0.2) is 4.79 Å². The molecule has 1 saturated heterocycles. The molecule has 9 heteroatoms. The lowest BCUT2D eigenvalue weighted by molar-refractivity contribution is -0.273. The monoisotopic (exact) mass is 576 g/mol. The highest BCUT2D eigenvalue weighted by molar-refractivity contribution is 5.85. The van der Waals surface area contributed by atoms with Gasteiger partial charge < -0.3 is 34.3 Å². The van der Waals surface area contributed by atoms with Gasteiger partial charge in [-0.15, -0.1) is 0 Å². The molecule has 0 aromatic rings. The molecule has 2 heterocycles. The van der Waals surface area contributed by atoms with Gasteiger partial charge in [0.1, 0.15) is 12.7 Å². The summed E-state index contributed by atoms with van der Waals surface area (Å²) in [6, 6.07) is 0. The van der Waals surface area contributed by atoms with Gasteiger partial charge in [-0.1, -0.05) is 13.8 Å². The van der Waals surface area contributed by atoms with Gasteiger partial charge in [-0.2, -0.15) is 0 Å². The topological polar surface area (TPSA) is 132 Å². The van der Waals surface area contributed by atoms with Gasteiger partial charge in [0.05, 0.1) is 23.9 Å². The second kappa shape index (κ2) is 10.6. The Balaban J connectivity index is 1.19. The maximum atomic E-state index is 12.7. The summed E-state index contributed by atoms with van der Waals surface area (Å²) in [4.78, 5) is 23.9. The van der Waals surface area contributed by atoms with Crippen LogP contribution in [0.1, 0.15) is 85.0 Å². The third-order valence-corrected chi connectivity index (χ3v) is 12.8. The number of aliphatic carboxylic acids is 1. The summed E-state index contributed by atoms with van der Waals surface area (Å²) in [6.45, 7) is 6.62. The molecule has 0 bridgehead atoms. The molecule has 6 aliphatic rings. The first-order valence-corrected chi connectivity index (χ1v) is 15.7. The van der Waals surface area contributed by atoms with E-state index in [0.29, 0.717) is 24.7 Å². The Bertz CT molecular complexity index is 1080. The van der Waals surface area contributed by atoms with Crippen LogP contribution in [0, 0.1) is 40.4 Å². The van der Waals surface area contributed by atoms with Crippen molar-refractivity contribution >= 4 is 11.9 Å². The zero-order valence-corrected chi connectivity index (χ0v) is 24.9. The van der Waals surface area contributed by atoms with Crippen LogP contribution in [0.4, 0.5) is 0 Å². The molecule has 5 fully saturated rings. The molecule has 6 rings (SSSR count). The number of carbonyl (C=O) groups is 2. The van der Waals surface area contributed by atoms with E-state index in [1.165, 1.54) is 0 Å². The summed E-state index contributed by atoms with van der Waals surface area (Å²) < 4.78 is 23.2. The Morgan fingerprint density at radius 3 is 2.59 bits per heavy atom. The van der Waals surface area contributed by atoms with Gasteiger partial charge in [-0.05, 0) is 98.9 Å². The van der Waals surface area contributed by atoms with Crippen molar-refractivity contribution in [1.82, 2.24) is 0 Å². The quantitative estimate of drug-likeness (QED) is 0.319. The molecular formula is C32H48O9. The van der Waals surface area contributed by atoms with E-state index in [9.17, 15) is 24.9 Å². The number of methoxy groups -OCH3 is 1. The van der Waals surface area contributed by atoms with Crippen molar-refractivity contribution in [2.45, 2.75) is 121 Å². The molecule has 0 unspecified atom stereocenters. The van der Waals surface area contributed by atoms with Crippen molar-refractivity contribution in [3.8, 4) is 0 Å². The number of fused-ring (bicyclic) bond motifs is 5. The molecule has 2 aliphatic heterocycles. The van der Waals surface area contributed by atoms with Crippen molar-refractivity contribution in [2.24, 2.45) is 40.4 Å². The van der Waals surface area contributed by atoms with Crippen LogP contribution in [0.2, 0.25) is 0 Å². The molecule has 13 atom stereocenters. The maximum absolute atomic E-state index is 12.7. The average molecular weight is 577 g/mol. The van der Waals surface area contributed by atoms with Crippen molar-refractivity contribution in [3.05, 3.63) is 11.6 Å². The van der Waals surface area contributed by atoms with Gasteiger partial charge in [0.15, 0.2) is 6.29 Å². The van der Waals surface area contributed by atoms with E-state index in [1.54, 1.807) is 13.2 Å². The predicted molar refractivity (Wildman–Crippen MR) is 147 cm³/mol. The maximum Gasteiger partial charge on any atom is 0.331 e. The number of cyclic esters (lactones) is 1. The number of carboxylic acids is 1. The number of hydrogen-bond donors (Lipinski definition) is 3. The number of aliphatic hydroxyl groups is 2. The van der Waals surface area contributed by atoms with E-state index >= 15 is 0 Å². The smallest absolute Gasteiger partial charge is 0.331 e. The summed E-state index contributed by atoms with van der Waals surface area (Å²) in [5, 5.41) is 32.8. The third kappa shape index (κ3) is 4.69. The minimum atomic E-state index is -0.976. The Labute approximate surface area is 242 Å². The molecule has 3 N–H and O–H groups in total. The molecule has 41 heavy (non-hydrogen) atoms. The first kappa shape index (κ1) is 29.5. The standard InChI is InChI=1S/C32H48O9/c1-17-29(36)24(38-4)14-27(40-17)41-21-7-9-30(2)20(13-21)5-6-23-22(30)8-10-31(3)28(19-12-26(35)39-16-19)18(11-25(33)34)15-32(23,31)37/h12,17-18,20-24,27-29,36-37H,5-11,13-16H2,1-4H3,(H,33,34)/t17-,18-,20+,21+,22-,23+,24+,27-,28+,29+,30+,31-,32-/m0/s1. The molecule has 4 saturated carbocycles. The molecule has 0 aromatic carbocycles. The van der Waals surface area contributed by atoms with E-state index < -0.39 is 23.1 Å². The normalized spacial score (nSPS) is 51.3. The van der Waals surface area contributed by atoms with Gasteiger partial charge in [0.2, 0.25) is 0 Å². The number of esters is 1. The minimum Gasteiger partial charge on any atom is -0.481 e. The van der Waals surface area contributed by atoms with Crippen molar-refractivity contribution in [1.29, 1.82) is 0 Å². The largest absolute Gasteiger partial charge is 0.481 e. The number of aliphatic hydroxyl groups excluding tert-OH is 1. The third-order valence-electron chi connectivity index (χ3n) is 12.8. The van der Waals surface area contributed by atoms with Crippen LogP contribution in [0.5, 0.6) is 0 Å². The number of rotatable bonds is 6. The number of carboxylic acid groups (broad SMARTS) is 1. The van der Waals surface area contributed by atoms with E-state index in [2.05, 4.69) is 13.8 Å². The summed E-state index contributed by atoms with van der Waals surface area (Å²) in [5.41, 5.74) is -0.526. The van der Waals surface area contributed by atoms with Crippen LogP contribution in [0.3, 0.4) is 0 Å². The van der Waals surface area contributed by atoms with Crippen LogP contribution >= 0.6 is 0 Å². The van der Waals surface area contributed by atoms with Crippen LogP contribution in [0.15, 0.2) is 11.6 Å². The van der Waals surface area contributed by atoms with Crippen LogP contribution in [0.25, 0.3) is 0 Å². The van der Waals surface area contributed by atoms with Gasteiger partial charge >= 0.3 is 11.9 Å². The van der Waals surface area contributed by atoms with Gasteiger partial charge in [0.25, 0.3) is 0 Å². The summed E-state index contributed by atoms with van der Waals surface area (Å²) in [7, 11) is 1.62. The highest BCUT2D eigenvalue weighted by atomic mass is 16.7. The Kier molecular flexibility index (Phi) is 7.62. The SMILES string of the molecule is CO[C@@H]1C[C@H](O[C@@H]2CC[C@]3(C)[C@H](CC[C@@H]4[C@@H]3CC[C@@]3(C)[C@@H](C5=CC(=O)OC5)[C@@H](CC(=O)O)C[C@]43O)C2)O[C@@H](C)[C@H]1O. The zero-order valence-electron chi connectivity index (χ0n) is 24.9. The highest BCUT2D eigenvalue weighted by Crippen LogP contribution is 2.71. The molecule has 4 aliphatic carbocycles. The lowest BCUT2D eigenvalue weighted by Gasteiger charge is -2.63.